The number of carboxylic acids is 1. The number of hydrogen-bond donors (Lipinski definition) is 2. The van der Waals surface area contributed by atoms with E-state index in [2.05, 4.69) is 10.2 Å². The lowest BCUT2D eigenvalue weighted by atomic mass is 10.2. The van der Waals surface area contributed by atoms with Crippen molar-refractivity contribution in [1.82, 2.24) is 5.32 Å². The van der Waals surface area contributed by atoms with Crippen molar-refractivity contribution in [2.24, 2.45) is 0 Å². The summed E-state index contributed by atoms with van der Waals surface area (Å²) in [6.45, 7) is 1.61. The first-order valence-electron chi connectivity index (χ1n) is 5.61. The van der Waals surface area contributed by atoms with Crippen molar-refractivity contribution in [3.63, 3.8) is 0 Å². The molecule has 0 aliphatic carbocycles. The minimum Gasteiger partial charge on any atom is -0.480 e. The third kappa shape index (κ3) is 3.17. The molecule has 92 valence electrons. The van der Waals surface area contributed by atoms with Crippen LogP contribution >= 0.6 is 0 Å². The van der Waals surface area contributed by atoms with Crippen LogP contribution in [0.4, 0.5) is 10.1 Å². The lowest BCUT2D eigenvalue weighted by Crippen LogP contribution is -2.35. The smallest absolute Gasteiger partial charge is 0.317 e. The zero-order chi connectivity index (χ0) is 12.3. The Bertz CT molecular complexity index is 394. The second kappa shape index (κ2) is 5.14. The van der Waals surface area contributed by atoms with E-state index in [4.69, 9.17) is 5.11 Å². The van der Waals surface area contributed by atoms with E-state index in [1.807, 2.05) is 0 Å². The highest BCUT2D eigenvalue weighted by Crippen LogP contribution is 2.20. The van der Waals surface area contributed by atoms with E-state index >= 15 is 0 Å². The van der Waals surface area contributed by atoms with Crippen molar-refractivity contribution in [3.8, 4) is 0 Å². The van der Waals surface area contributed by atoms with Gasteiger partial charge in [-0.1, -0.05) is 0 Å². The number of anilines is 1. The van der Waals surface area contributed by atoms with Crippen LogP contribution in [0.15, 0.2) is 24.3 Å². The molecule has 1 aromatic carbocycles. The normalized spacial score (nSPS) is 19.6. The SMILES string of the molecule is O=C(O)CN[C@@H]1CCN(c2ccc(F)cc2)C1. The molecule has 0 saturated carbocycles. The summed E-state index contributed by atoms with van der Waals surface area (Å²) in [5.74, 6) is -1.08. The third-order valence-electron chi connectivity index (χ3n) is 2.92. The maximum absolute atomic E-state index is 12.8. The first-order chi connectivity index (χ1) is 8.15. The largest absolute Gasteiger partial charge is 0.480 e. The minimum atomic E-state index is -0.842. The minimum absolute atomic E-state index is 0.0120. The fourth-order valence-electron chi connectivity index (χ4n) is 2.04. The molecule has 5 heteroatoms. The van der Waals surface area contributed by atoms with Gasteiger partial charge in [-0.05, 0) is 30.7 Å². The number of nitrogens with zero attached hydrogens (tertiary/aromatic N) is 1. The van der Waals surface area contributed by atoms with Gasteiger partial charge >= 0.3 is 5.97 Å². The topological polar surface area (TPSA) is 52.6 Å². The van der Waals surface area contributed by atoms with Gasteiger partial charge in [0.1, 0.15) is 5.82 Å². The zero-order valence-electron chi connectivity index (χ0n) is 9.40. The van der Waals surface area contributed by atoms with E-state index < -0.39 is 5.97 Å². The predicted octanol–water partition coefficient (Wildman–Crippen LogP) is 1.08. The Morgan fingerprint density at radius 3 is 2.82 bits per heavy atom. The van der Waals surface area contributed by atoms with Crippen LogP contribution in [-0.2, 0) is 4.79 Å². The molecule has 1 saturated heterocycles. The number of nitrogens with one attached hydrogen (secondary N) is 1. The predicted molar refractivity (Wildman–Crippen MR) is 62.7 cm³/mol. The van der Waals surface area contributed by atoms with Gasteiger partial charge in [0, 0.05) is 24.8 Å². The Morgan fingerprint density at radius 1 is 1.47 bits per heavy atom. The maximum atomic E-state index is 12.8. The average molecular weight is 238 g/mol. The van der Waals surface area contributed by atoms with Gasteiger partial charge in [0.2, 0.25) is 0 Å². The number of carbonyl (C=O) groups is 1. The van der Waals surface area contributed by atoms with Gasteiger partial charge < -0.3 is 15.3 Å². The van der Waals surface area contributed by atoms with Crippen LogP contribution in [-0.4, -0.2) is 36.8 Å². The summed E-state index contributed by atoms with van der Waals surface area (Å²) >= 11 is 0. The molecular weight excluding hydrogens is 223 g/mol. The van der Waals surface area contributed by atoms with Gasteiger partial charge in [-0.25, -0.2) is 4.39 Å². The first kappa shape index (κ1) is 11.9. The summed E-state index contributed by atoms with van der Waals surface area (Å²) in [5.41, 5.74) is 0.978. The highest BCUT2D eigenvalue weighted by atomic mass is 19.1. The molecule has 1 heterocycles. The van der Waals surface area contributed by atoms with E-state index in [0.29, 0.717) is 0 Å². The molecule has 0 spiro atoms. The van der Waals surface area contributed by atoms with Crippen LogP contribution in [0.1, 0.15) is 6.42 Å². The standard InChI is InChI=1S/C12H15FN2O2/c13-9-1-3-11(4-2-9)15-6-5-10(8-15)14-7-12(16)17/h1-4,10,14H,5-8H2,(H,16,17)/t10-/m1/s1. The number of aliphatic carboxylic acids is 1. The van der Waals surface area contributed by atoms with E-state index in [-0.39, 0.29) is 18.4 Å². The Kier molecular flexibility index (Phi) is 3.58. The van der Waals surface area contributed by atoms with Crippen molar-refractivity contribution in [2.45, 2.75) is 12.5 Å². The van der Waals surface area contributed by atoms with Crippen molar-refractivity contribution in [1.29, 1.82) is 0 Å². The molecule has 0 bridgehead atoms. The highest BCUT2D eigenvalue weighted by Gasteiger charge is 2.22. The molecule has 2 rings (SSSR count). The third-order valence-corrected chi connectivity index (χ3v) is 2.92. The average Bonchev–Trinajstić information content (AvgIpc) is 2.76. The molecule has 0 radical (unpaired) electrons. The van der Waals surface area contributed by atoms with Gasteiger partial charge in [0.25, 0.3) is 0 Å². The van der Waals surface area contributed by atoms with Crippen molar-refractivity contribution < 1.29 is 14.3 Å². The Hall–Kier alpha value is -1.62. The van der Waals surface area contributed by atoms with Gasteiger partial charge in [-0.2, -0.15) is 0 Å². The number of benzene rings is 1. The summed E-state index contributed by atoms with van der Waals surface area (Å²) in [4.78, 5) is 12.6. The van der Waals surface area contributed by atoms with Crippen molar-refractivity contribution in [3.05, 3.63) is 30.1 Å². The molecular formula is C12H15FN2O2. The fraction of sp³-hybridized carbons (Fsp3) is 0.417. The molecule has 0 aromatic heterocycles. The molecule has 1 aromatic rings. The molecule has 1 atom stereocenters. The van der Waals surface area contributed by atoms with Gasteiger partial charge in [0.15, 0.2) is 0 Å². The van der Waals surface area contributed by atoms with Crippen LogP contribution in [0.2, 0.25) is 0 Å². The summed E-state index contributed by atoms with van der Waals surface area (Å²) in [6.07, 6.45) is 0.907. The molecule has 1 aliphatic heterocycles. The van der Waals surface area contributed by atoms with Gasteiger partial charge in [0.05, 0.1) is 6.54 Å². The van der Waals surface area contributed by atoms with Crippen LogP contribution in [0.5, 0.6) is 0 Å². The van der Waals surface area contributed by atoms with E-state index in [9.17, 15) is 9.18 Å². The lowest BCUT2D eigenvalue weighted by Gasteiger charge is -2.18. The van der Waals surface area contributed by atoms with E-state index in [1.165, 1.54) is 12.1 Å². The van der Waals surface area contributed by atoms with Crippen molar-refractivity contribution >= 4 is 11.7 Å². The first-order valence-corrected chi connectivity index (χ1v) is 5.61. The van der Waals surface area contributed by atoms with E-state index in [0.717, 1.165) is 25.2 Å². The number of carboxylic acid groups (broad SMARTS) is 1. The molecule has 4 nitrogen and oxygen atoms in total. The molecule has 1 aliphatic rings. The summed E-state index contributed by atoms with van der Waals surface area (Å²) < 4.78 is 12.8. The number of rotatable bonds is 4. The number of hydrogen-bond acceptors (Lipinski definition) is 3. The van der Waals surface area contributed by atoms with Crippen LogP contribution in [0.3, 0.4) is 0 Å². The lowest BCUT2D eigenvalue weighted by molar-refractivity contribution is -0.136. The van der Waals surface area contributed by atoms with Crippen molar-refractivity contribution in [2.75, 3.05) is 24.5 Å². The molecule has 1 fully saturated rings. The molecule has 0 amide bonds. The second-order valence-electron chi connectivity index (χ2n) is 4.18. The summed E-state index contributed by atoms with van der Waals surface area (Å²) in [6, 6.07) is 6.56. The maximum Gasteiger partial charge on any atom is 0.317 e. The summed E-state index contributed by atoms with van der Waals surface area (Å²) in [5, 5.41) is 11.5. The van der Waals surface area contributed by atoms with E-state index in [1.54, 1.807) is 12.1 Å². The monoisotopic (exact) mass is 238 g/mol. The van der Waals surface area contributed by atoms with Crippen LogP contribution in [0.25, 0.3) is 0 Å². The Morgan fingerprint density at radius 2 is 2.18 bits per heavy atom. The Labute approximate surface area is 99.0 Å². The number of halogens is 1. The quantitative estimate of drug-likeness (QED) is 0.824. The highest BCUT2D eigenvalue weighted by molar-refractivity contribution is 5.69. The van der Waals surface area contributed by atoms with Gasteiger partial charge in [-0.3, -0.25) is 4.79 Å². The van der Waals surface area contributed by atoms with Crippen LogP contribution < -0.4 is 10.2 Å². The van der Waals surface area contributed by atoms with Gasteiger partial charge in [-0.15, -0.1) is 0 Å². The Balaban J connectivity index is 1.89. The second-order valence-corrected chi connectivity index (χ2v) is 4.18. The fourth-order valence-corrected chi connectivity index (χ4v) is 2.04. The zero-order valence-corrected chi connectivity index (χ0v) is 9.40. The molecule has 0 unspecified atom stereocenters. The summed E-state index contributed by atoms with van der Waals surface area (Å²) in [7, 11) is 0. The van der Waals surface area contributed by atoms with Crippen LogP contribution in [0, 0.1) is 5.82 Å². The molecule has 17 heavy (non-hydrogen) atoms. The molecule has 2 N–H and O–H groups in total.